The minimum atomic E-state index is 0.196. The van der Waals surface area contributed by atoms with Crippen molar-refractivity contribution < 1.29 is 9.47 Å². The summed E-state index contributed by atoms with van der Waals surface area (Å²) in [5.74, 6) is 0.716. The van der Waals surface area contributed by atoms with Gasteiger partial charge in [0.25, 0.3) is 0 Å². The summed E-state index contributed by atoms with van der Waals surface area (Å²) in [6.45, 7) is 3.39. The second-order valence-corrected chi connectivity index (χ2v) is 6.76. The zero-order valence-electron chi connectivity index (χ0n) is 14.0. The van der Waals surface area contributed by atoms with Crippen LogP contribution in [0.1, 0.15) is 25.7 Å². The number of hydrogen-bond acceptors (Lipinski definition) is 5. The summed E-state index contributed by atoms with van der Waals surface area (Å²) in [5, 5.41) is 2.27. The number of fused-ring (bicyclic) bond motifs is 1. The van der Waals surface area contributed by atoms with Crippen LogP contribution in [0.2, 0.25) is 0 Å². The van der Waals surface area contributed by atoms with Gasteiger partial charge in [0, 0.05) is 31.9 Å². The van der Waals surface area contributed by atoms with E-state index in [1.54, 1.807) is 0 Å². The van der Waals surface area contributed by atoms with Crippen LogP contribution >= 0.6 is 0 Å². The van der Waals surface area contributed by atoms with Crippen molar-refractivity contribution in [2.75, 3.05) is 31.2 Å². The van der Waals surface area contributed by atoms with Gasteiger partial charge in [0.2, 0.25) is 5.88 Å². The van der Waals surface area contributed by atoms with E-state index in [0.717, 1.165) is 50.8 Å². The van der Waals surface area contributed by atoms with Gasteiger partial charge >= 0.3 is 0 Å². The normalized spacial score (nSPS) is 22.2. The van der Waals surface area contributed by atoms with E-state index < -0.39 is 0 Å². The van der Waals surface area contributed by atoms with Crippen LogP contribution in [-0.4, -0.2) is 43.4 Å². The van der Waals surface area contributed by atoms with Gasteiger partial charge in [0.05, 0.1) is 17.2 Å². The molecule has 2 fully saturated rings. The molecule has 2 N–H and O–H groups in total. The number of anilines is 1. The molecule has 1 aromatic heterocycles. The van der Waals surface area contributed by atoms with Crippen LogP contribution in [0.25, 0.3) is 10.8 Å². The van der Waals surface area contributed by atoms with Crippen molar-refractivity contribution in [3.05, 3.63) is 30.5 Å². The monoisotopic (exact) mass is 327 g/mol. The predicted molar refractivity (Wildman–Crippen MR) is 95.6 cm³/mol. The van der Waals surface area contributed by atoms with Crippen LogP contribution in [0.5, 0.6) is 5.88 Å². The molecule has 0 amide bonds. The summed E-state index contributed by atoms with van der Waals surface area (Å²) >= 11 is 0. The highest BCUT2D eigenvalue weighted by molar-refractivity contribution is 5.98. The lowest BCUT2D eigenvalue weighted by Gasteiger charge is -2.33. The van der Waals surface area contributed by atoms with E-state index in [-0.39, 0.29) is 6.10 Å². The van der Waals surface area contributed by atoms with E-state index in [1.807, 2.05) is 12.3 Å². The maximum atomic E-state index is 6.07. The summed E-state index contributed by atoms with van der Waals surface area (Å²) in [5.41, 5.74) is 7.26. The fourth-order valence-corrected chi connectivity index (χ4v) is 3.64. The Morgan fingerprint density at radius 1 is 1.21 bits per heavy atom. The molecule has 0 saturated carbocycles. The second kappa shape index (κ2) is 6.95. The Balaban J connectivity index is 1.63. The third kappa shape index (κ3) is 3.19. The van der Waals surface area contributed by atoms with Crippen molar-refractivity contribution in [3.63, 3.8) is 0 Å². The summed E-state index contributed by atoms with van der Waals surface area (Å²) in [4.78, 5) is 6.92. The Morgan fingerprint density at radius 3 is 2.88 bits per heavy atom. The fourth-order valence-electron chi connectivity index (χ4n) is 3.64. The minimum Gasteiger partial charge on any atom is -0.474 e. The van der Waals surface area contributed by atoms with Crippen LogP contribution in [0.3, 0.4) is 0 Å². The number of nitrogens with two attached hydrogens (primary N) is 1. The lowest BCUT2D eigenvalue weighted by Crippen LogP contribution is -2.39. The van der Waals surface area contributed by atoms with Crippen LogP contribution in [0.15, 0.2) is 30.5 Å². The Morgan fingerprint density at radius 2 is 2.08 bits per heavy atom. The van der Waals surface area contributed by atoms with Crippen molar-refractivity contribution in [1.82, 2.24) is 4.98 Å². The Bertz CT molecular complexity index is 687. The summed E-state index contributed by atoms with van der Waals surface area (Å²) in [7, 11) is 0. The molecule has 0 aliphatic carbocycles. The third-order valence-corrected chi connectivity index (χ3v) is 5.04. The fraction of sp³-hybridized carbons (Fsp3) is 0.526. The first kappa shape index (κ1) is 15.7. The molecular weight excluding hydrogens is 302 g/mol. The van der Waals surface area contributed by atoms with Crippen LogP contribution in [0.4, 0.5) is 5.69 Å². The molecule has 4 rings (SSSR count). The Kier molecular flexibility index (Phi) is 4.54. The molecule has 128 valence electrons. The van der Waals surface area contributed by atoms with Gasteiger partial charge < -0.3 is 20.1 Å². The van der Waals surface area contributed by atoms with Crippen LogP contribution in [0, 0.1) is 0 Å². The van der Waals surface area contributed by atoms with Gasteiger partial charge in [-0.1, -0.05) is 12.1 Å². The van der Waals surface area contributed by atoms with Gasteiger partial charge in [0.1, 0.15) is 6.61 Å². The standard InChI is InChI=1S/C19H25N3O2/c20-15-7-10-22(11-8-15)17-5-1-3-14-6-9-21-19(18(14)17)24-13-16-4-2-12-23-16/h1,3,5-6,9,15-16H,2,4,7-8,10-13,20H2. The zero-order chi connectivity index (χ0) is 16.4. The van der Waals surface area contributed by atoms with Crippen molar-refractivity contribution in [1.29, 1.82) is 0 Å². The molecule has 1 unspecified atom stereocenters. The highest BCUT2D eigenvalue weighted by Crippen LogP contribution is 2.34. The largest absolute Gasteiger partial charge is 0.474 e. The van der Waals surface area contributed by atoms with E-state index in [4.69, 9.17) is 15.2 Å². The number of nitrogens with zero attached hydrogens (tertiary/aromatic N) is 2. The average molecular weight is 327 g/mol. The second-order valence-electron chi connectivity index (χ2n) is 6.76. The predicted octanol–water partition coefficient (Wildman–Crippen LogP) is 2.72. The van der Waals surface area contributed by atoms with Gasteiger partial charge in [-0.25, -0.2) is 4.98 Å². The quantitative estimate of drug-likeness (QED) is 0.935. The van der Waals surface area contributed by atoms with Crippen molar-refractivity contribution >= 4 is 16.5 Å². The lowest BCUT2D eigenvalue weighted by atomic mass is 10.0. The molecule has 1 atom stereocenters. The Hall–Kier alpha value is -1.85. The number of piperidine rings is 1. The van der Waals surface area contributed by atoms with Gasteiger partial charge in [0.15, 0.2) is 0 Å². The number of benzene rings is 1. The first-order valence-corrected chi connectivity index (χ1v) is 8.94. The van der Waals surface area contributed by atoms with E-state index in [1.165, 1.54) is 11.1 Å². The van der Waals surface area contributed by atoms with Crippen molar-refractivity contribution in [2.24, 2.45) is 5.73 Å². The number of pyridine rings is 1. The average Bonchev–Trinajstić information content (AvgIpc) is 3.13. The summed E-state index contributed by atoms with van der Waals surface area (Å²) in [6, 6.07) is 8.77. The molecule has 5 heteroatoms. The van der Waals surface area contributed by atoms with Crippen molar-refractivity contribution in [3.8, 4) is 5.88 Å². The van der Waals surface area contributed by atoms with E-state index >= 15 is 0 Å². The molecule has 0 spiro atoms. The highest BCUT2D eigenvalue weighted by Gasteiger charge is 2.21. The Labute approximate surface area is 142 Å². The summed E-state index contributed by atoms with van der Waals surface area (Å²) in [6.07, 6.45) is 6.27. The molecule has 1 aromatic carbocycles. The molecule has 0 bridgehead atoms. The molecular formula is C19H25N3O2. The van der Waals surface area contributed by atoms with E-state index in [0.29, 0.717) is 18.5 Å². The van der Waals surface area contributed by atoms with Gasteiger partial charge in [-0.05, 0) is 43.2 Å². The number of aromatic nitrogens is 1. The van der Waals surface area contributed by atoms with Gasteiger partial charge in [-0.15, -0.1) is 0 Å². The molecule has 3 heterocycles. The molecule has 2 saturated heterocycles. The molecule has 2 aliphatic rings. The first-order chi connectivity index (χ1) is 11.8. The molecule has 2 aliphatic heterocycles. The summed E-state index contributed by atoms with van der Waals surface area (Å²) < 4.78 is 11.7. The molecule has 5 nitrogen and oxygen atoms in total. The molecule has 2 aromatic rings. The van der Waals surface area contributed by atoms with E-state index in [9.17, 15) is 0 Å². The van der Waals surface area contributed by atoms with Crippen LogP contribution < -0.4 is 15.4 Å². The van der Waals surface area contributed by atoms with Gasteiger partial charge in [-0.3, -0.25) is 0 Å². The minimum absolute atomic E-state index is 0.196. The number of hydrogen-bond donors (Lipinski definition) is 1. The number of ether oxygens (including phenoxy) is 2. The smallest absolute Gasteiger partial charge is 0.223 e. The maximum absolute atomic E-state index is 6.07. The number of rotatable bonds is 4. The van der Waals surface area contributed by atoms with E-state index in [2.05, 4.69) is 28.1 Å². The SMILES string of the molecule is NC1CCN(c2cccc3ccnc(OCC4CCCO4)c23)CC1. The van der Waals surface area contributed by atoms with Crippen molar-refractivity contribution in [2.45, 2.75) is 37.8 Å². The molecule has 24 heavy (non-hydrogen) atoms. The highest BCUT2D eigenvalue weighted by atomic mass is 16.5. The lowest BCUT2D eigenvalue weighted by molar-refractivity contribution is 0.0669. The zero-order valence-corrected chi connectivity index (χ0v) is 14.0. The molecule has 0 radical (unpaired) electrons. The maximum Gasteiger partial charge on any atom is 0.223 e. The van der Waals surface area contributed by atoms with Crippen LogP contribution in [-0.2, 0) is 4.74 Å². The first-order valence-electron chi connectivity index (χ1n) is 8.94. The topological polar surface area (TPSA) is 60.6 Å². The third-order valence-electron chi connectivity index (χ3n) is 5.04. The van der Waals surface area contributed by atoms with Gasteiger partial charge in [-0.2, -0.15) is 0 Å².